The highest BCUT2D eigenvalue weighted by atomic mass is 16.6. The highest BCUT2D eigenvalue weighted by molar-refractivity contribution is 6.03. The number of nitro groups is 1. The zero-order valence-corrected chi connectivity index (χ0v) is 12.9. The van der Waals surface area contributed by atoms with Crippen molar-refractivity contribution < 1.29 is 14.8 Å². The number of hydrogen-bond acceptors (Lipinski definition) is 5. The average molecular weight is 335 g/mol. The van der Waals surface area contributed by atoms with E-state index in [-0.39, 0.29) is 22.6 Å². The number of carbonyl (C=O) groups is 1. The van der Waals surface area contributed by atoms with Gasteiger partial charge in [0.15, 0.2) is 0 Å². The Kier molecular flexibility index (Phi) is 4.38. The molecule has 0 aliphatic carbocycles. The van der Waals surface area contributed by atoms with Crippen molar-refractivity contribution in [3.63, 3.8) is 0 Å². The summed E-state index contributed by atoms with van der Waals surface area (Å²) in [5.41, 5.74) is 2.48. The van der Waals surface area contributed by atoms with Crippen LogP contribution in [0.15, 0.2) is 65.8 Å². The first kappa shape index (κ1) is 16.1. The van der Waals surface area contributed by atoms with E-state index in [1.165, 1.54) is 24.4 Å². The van der Waals surface area contributed by atoms with Crippen molar-refractivity contribution in [2.45, 2.75) is 0 Å². The number of aromatic hydroxyl groups is 1. The van der Waals surface area contributed by atoms with Crippen molar-refractivity contribution in [3.05, 3.63) is 81.9 Å². The highest BCUT2D eigenvalue weighted by Gasteiger charge is 2.14. The Morgan fingerprint density at radius 3 is 2.60 bits per heavy atom. The molecule has 25 heavy (non-hydrogen) atoms. The molecule has 1 amide bonds. The van der Waals surface area contributed by atoms with E-state index in [9.17, 15) is 20.0 Å². The minimum atomic E-state index is -0.613. The van der Waals surface area contributed by atoms with Gasteiger partial charge in [0.1, 0.15) is 5.75 Å². The van der Waals surface area contributed by atoms with Gasteiger partial charge in [-0.2, -0.15) is 5.10 Å². The minimum Gasteiger partial charge on any atom is -0.506 e. The Morgan fingerprint density at radius 1 is 1.08 bits per heavy atom. The fourth-order valence-electron chi connectivity index (χ4n) is 2.42. The van der Waals surface area contributed by atoms with Crippen LogP contribution in [-0.2, 0) is 0 Å². The number of hydrogen-bond donors (Lipinski definition) is 2. The minimum absolute atomic E-state index is 0.0680. The van der Waals surface area contributed by atoms with Crippen molar-refractivity contribution in [3.8, 4) is 5.75 Å². The van der Waals surface area contributed by atoms with Gasteiger partial charge in [0.25, 0.3) is 11.6 Å². The van der Waals surface area contributed by atoms with E-state index in [1.807, 2.05) is 12.1 Å². The smallest absolute Gasteiger partial charge is 0.278 e. The molecule has 0 unspecified atom stereocenters. The van der Waals surface area contributed by atoms with Crippen LogP contribution in [0.25, 0.3) is 10.8 Å². The molecule has 0 saturated carbocycles. The van der Waals surface area contributed by atoms with E-state index < -0.39 is 10.8 Å². The first-order chi connectivity index (χ1) is 12.1. The van der Waals surface area contributed by atoms with Crippen LogP contribution in [0.1, 0.15) is 15.9 Å². The van der Waals surface area contributed by atoms with Crippen LogP contribution in [-0.4, -0.2) is 22.2 Å². The van der Waals surface area contributed by atoms with Gasteiger partial charge in [-0.1, -0.05) is 42.5 Å². The van der Waals surface area contributed by atoms with Crippen LogP contribution in [0.4, 0.5) is 5.69 Å². The Balaban J connectivity index is 1.82. The molecule has 0 aliphatic heterocycles. The van der Waals surface area contributed by atoms with Crippen molar-refractivity contribution in [1.29, 1.82) is 0 Å². The molecule has 2 N–H and O–H groups in total. The molecule has 0 saturated heterocycles. The first-order valence-electron chi connectivity index (χ1n) is 7.35. The summed E-state index contributed by atoms with van der Waals surface area (Å²) in [6.07, 6.45) is 1.19. The van der Waals surface area contributed by atoms with Crippen LogP contribution in [0.3, 0.4) is 0 Å². The van der Waals surface area contributed by atoms with E-state index >= 15 is 0 Å². The van der Waals surface area contributed by atoms with Crippen molar-refractivity contribution >= 4 is 28.6 Å². The number of amides is 1. The van der Waals surface area contributed by atoms with Gasteiger partial charge >= 0.3 is 0 Å². The van der Waals surface area contributed by atoms with E-state index in [2.05, 4.69) is 10.5 Å². The molecule has 0 aromatic heterocycles. The third-order valence-electron chi connectivity index (χ3n) is 3.65. The molecule has 124 valence electrons. The van der Waals surface area contributed by atoms with Crippen LogP contribution >= 0.6 is 0 Å². The number of carbonyl (C=O) groups excluding carboxylic acids is 1. The van der Waals surface area contributed by atoms with Gasteiger partial charge in [0.2, 0.25) is 0 Å². The second-order valence-corrected chi connectivity index (χ2v) is 5.20. The topological polar surface area (TPSA) is 105 Å². The quantitative estimate of drug-likeness (QED) is 0.434. The number of hydrazone groups is 1. The lowest BCUT2D eigenvalue weighted by Crippen LogP contribution is -2.17. The van der Waals surface area contributed by atoms with Crippen molar-refractivity contribution in [2.75, 3.05) is 0 Å². The number of phenols is 1. The molecule has 7 nitrogen and oxygen atoms in total. The SMILES string of the molecule is O=C(NN=Cc1ccccc1[N+](=O)[O-])c1ccc2ccccc2c1O. The maximum atomic E-state index is 12.2. The summed E-state index contributed by atoms with van der Waals surface area (Å²) in [4.78, 5) is 22.6. The van der Waals surface area contributed by atoms with E-state index in [0.717, 1.165) is 5.39 Å². The Labute approximate surface area is 142 Å². The summed E-state index contributed by atoms with van der Waals surface area (Å²) in [6, 6.07) is 16.4. The van der Waals surface area contributed by atoms with E-state index in [4.69, 9.17) is 0 Å². The van der Waals surface area contributed by atoms with Crippen LogP contribution in [0.2, 0.25) is 0 Å². The molecule has 0 aliphatic rings. The number of para-hydroxylation sites is 1. The fraction of sp³-hybridized carbons (Fsp3) is 0. The van der Waals surface area contributed by atoms with Crippen LogP contribution in [0, 0.1) is 10.1 Å². The second kappa shape index (κ2) is 6.79. The Hall–Kier alpha value is -3.74. The molecule has 3 aromatic rings. The number of nitro benzene ring substituents is 1. The first-order valence-corrected chi connectivity index (χ1v) is 7.35. The predicted molar refractivity (Wildman–Crippen MR) is 93.8 cm³/mol. The fourth-order valence-corrected chi connectivity index (χ4v) is 2.42. The standard InChI is InChI=1S/C18H13N3O4/c22-17-14-7-3-1-5-12(14)9-10-15(17)18(23)20-19-11-13-6-2-4-8-16(13)21(24)25/h1-11,22H,(H,20,23). The van der Waals surface area contributed by atoms with E-state index in [0.29, 0.717) is 5.39 Å². The molecular weight excluding hydrogens is 322 g/mol. The number of phenolic OH excluding ortho intramolecular Hbond substituents is 1. The average Bonchev–Trinajstić information content (AvgIpc) is 2.62. The van der Waals surface area contributed by atoms with Crippen molar-refractivity contribution in [2.24, 2.45) is 5.10 Å². The molecule has 0 atom stereocenters. The summed E-state index contributed by atoms with van der Waals surface area (Å²) in [6.45, 7) is 0. The van der Waals surface area contributed by atoms with Gasteiger partial charge < -0.3 is 5.11 Å². The molecule has 0 bridgehead atoms. The lowest BCUT2D eigenvalue weighted by atomic mass is 10.1. The molecule has 0 heterocycles. The van der Waals surface area contributed by atoms with Gasteiger partial charge in [-0.3, -0.25) is 14.9 Å². The summed E-state index contributed by atoms with van der Waals surface area (Å²) >= 11 is 0. The zero-order chi connectivity index (χ0) is 17.8. The van der Waals surface area contributed by atoms with Gasteiger partial charge in [-0.25, -0.2) is 5.43 Å². The second-order valence-electron chi connectivity index (χ2n) is 5.20. The predicted octanol–water partition coefficient (Wildman–Crippen LogP) is 3.22. The van der Waals surface area contributed by atoms with Crippen LogP contribution < -0.4 is 5.43 Å². The normalized spacial score (nSPS) is 10.9. The molecule has 0 radical (unpaired) electrons. The summed E-state index contributed by atoms with van der Waals surface area (Å²) < 4.78 is 0. The molecule has 7 heteroatoms. The number of nitrogens with zero attached hydrogens (tertiary/aromatic N) is 2. The monoisotopic (exact) mass is 335 g/mol. The lowest BCUT2D eigenvalue weighted by molar-refractivity contribution is -0.385. The van der Waals surface area contributed by atoms with Crippen molar-refractivity contribution in [1.82, 2.24) is 5.43 Å². The number of benzene rings is 3. The number of nitrogens with one attached hydrogen (secondary N) is 1. The maximum absolute atomic E-state index is 12.2. The van der Waals surface area contributed by atoms with Gasteiger partial charge in [0.05, 0.1) is 22.3 Å². The Morgan fingerprint density at radius 2 is 1.80 bits per heavy atom. The summed E-state index contributed by atoms with van der Waals surface area (Å²) in [5.74, 6) is -0.755. The Bertz CT molecular complexity index is 999. The summed E-state index contributed by atoms with van der Waals surface area (Å²) in [5, 5.41) is 26.3. The third-order valence-corrected chi connectivity index (χ3v) is 3.65. The lowest BCUT2D eigenvalue weighted by Gasteiger charge is -2.06. The summed E-state index contributed by atoms with van der Waals surface area (Å²) in [7, 11) is 0. The number of fused-ring (bicyclic) bond motifs is 1. The molecule has 0 fully saturated rings. The molecule has 3 aromatic carbocycles. The zero-order valence-electron chi connectivity index (χ0n) is 12.9. The highest BCUT2D eigenvalue weighted by Crippen LogP contribution is 2.28. The van der Waals surface area contributed by atoms with Gasteiger partial charge in [-0.05, 0) is 17.5 Å². The van der Waals surface area contributed by atoms with Gasteiger partial charge in [-0.15, -0.1) is 0 Å². The van der Waals surface area contributed by atoms with E-state index in [1.54, 1.807) is 30.3 Å². The maximum Gasteiger partial charge on any atom is 0.278 e. The largest absolute Gasteiger partial charge is 0.506 e. The molecule has 0 spiro atoms. The molecular formula is C18H13N3O4. The molecule has 3 rings (SSSR count). The number of rotatable bonds is 4. The third kappa shape index (κ3) is 3.30. The van der Waals surface area contributed by atoms with Gasteiger partial charge in [0, 0.05) is 11.5 Å². The van der Waals surface area contributed by atoms with Crippen LogP contribution in [0.5, 0.6) is 5.75 Å².